The summed E-state index contributed by atoms with van der Waals surface area (Å²) in [4.78, 5) is 19.2. The van der Waals surface area contributed by atoms with E-state index in [-0.39, 0.29) is 18.2 Å². The zero-order valence-electron chi connectivity index (χ0n) is 13.4. The lowest BCUT2D eigenvalue weighted by Gasteiger charge is -2.43. The van der Waals surface area contributed by atoms with Crippen molar-refractivity contribution >= 4 is 5.91 Å². The first-order valence-electron chi connectivity index (χ1n) is 8.03. The van der Waals surface area contributed by atoms with Gasteiger partial charge in [-0.05, 0) is 32.5 Å². The number of β-amino-alcohol motifs (C(OH)–C–C–N with tert-alkyl or cyclic N) is 1. The molecule has 0 radical (unpaired) electrons. The van der Waals surface area contributed by atoms with Gasteiger partial charge in [0, 0.05) is 38.3 Å². The Morgan fingerprint density at radius 1 is 1.14 bits per heavy atom. The van der Waals surface area contributed by atoms with Crippen LogP contribution in [0, 0.1) is 6.92 Å². The Kier molecular flexibility index (Phi) is 4.47. The molecule has 1 aromatic carbocycles. The highest BCUT2D eigenvalue weighted by Gasteiger charge is 2.35. The van der Waals surface area contributed by atoms with Gasteiger partial charge in [0.2, 0.25) is 0 Å². The van der Waals surface area contributed by atoms with E-state index in [2.05, 4.69) is 16.8 Å². The van der Waals surface area contributed by atoms with E-state index in [9.17, 15) is 9.90 Å². The summed E-state index contributed by atoms with van der Waals surface area (Å²) >= 11 is 0. The Morgan fingerprint density at radius 2 is 1.86 bits per heavy atom. The first kappa shape index (κ1) is 15.5. The lowest BCUT2D eigenvalue weighted by atomic mass is 10.1. The third kappa shape index (κ3) is 3.16. The molecule has 2 aliphatic rings. The van der Waals surface area contributed by atoms with Gasteiger partial charge in [-0.3, -0.25) is 14.6 Å². The molecule has 0 saturated carbocycles. The largest absolute Gasteiger partial charge is 0.392 e. The van der Waals surface area contributed by atoms with Crippen LogP contribution in [0.1, 0.15) is 22.3 Å². The minimum absolute atomic E-state index is 0.109. The van der Waals surface area contributed by atoms with Crippen LogP contribution in [0.5, 0.6) is 0 Å². The predicted molar refractivity (Wildman–Crippen MR) is 85.7 cm³/mol. The van der Waals surface area contributed by atoms with Crippen molar-refractivity contribution in [3.63, 3.8) is 0 Å². The van der Waals surface area contributed by atoms with Crippen molar-refractivity contribution in [1.82, 2.24) is 14.7 Å². The number of piperazine rings is 1. The van der Waals surface area contributed by atoms with Crippen molar-refractivity contribution in [3.8, 4) is 0 Å². The summed E-state index contributed by atoms with van der Waals surface area (Å²) in [5.41, 5.74) is 1.93. The van der Waals surface area contributed by atoms with Crippen LogP contribution in [-0.2, 0) is 0 Å². The second kappa shape index (κ2) is 6.36. The number of aryl methyl sites for hydroxylation is 1. The minimum atomic E-state index is -0.225. The molecule has 2 unspecified atom stereocenters. The molecule has 0 bridgehead atoms. The second-order valence-electron chi connectivity index (χ2n) is 6.52. The molecule has 1 amide bonds. The fourth-order valence-corrected chi connectivity index (χ4v) is 3.35. The number of likely N-dealkylation sites (tertiary alicyclic amines) is 1. The third-order valence-corrected chi connectivity index (χ3v) is 4.82. The maximum Gasteiger partial charge on any atom is 0.253 e. The number of likely N-dealkylation sites (N-methyl/N-ethyl adjacent to an activating group) is 1. The van der Waals surface area contributed by atoms with E-state index in [0.717, 1.165) is 31.6 Å². The standard InChI is InChI=1S/C17H25N3O2/c1-13-3-5-14(6-4-13)17(22)20-10-9-18(2)16(12-20)19-8-7-15(21)11-19/h3-6,15-16,21H,7-12H2,1-2H3. The topological polar surface area (TPSA) is 47.0 Å². The highest BCUT2D eigenvalue weighted by molar-refractivity contribution is 5.94. The van der Waals surface area contributed by atoms with Gasteiger partial charge in [0.1, 0.15) is 0 Å². The first-order chi connectivity index (χ1) is 10.5. The summed E-state index contributed by atoms with van der Waals surface area (Å²) in [6.45, 7) is 5.98. The smallest absolute Gasteiger partial charge is 0.253 e. The summed E-state index contributed by atoms with van der Waals surface area (Å²) < 4.78 is 0. The fourth-order valence-electron chi connectivity index (χ4n) is 3.35. The number of carbonyl (C=O) groups is 1. The van der Waals surface area contributed by atoms with Crippen LogP contribution in [0.25, 0.3) is 0 Å². The van der Waals surface area contributed by atoms with Gasteiger partial charge < -0.3 is 10.0 Å². The van der Waals surface area contributed by atoms with Crippen molar-refractivity contribution in [1.29, 1.82) is 0 Å². The molecule has 120 valence electrons. The fraction of sp³-hybridized carbons (Fsp3) is 0.588. The molecule has 0 aromatic heterocycles. The average Bonchev–Trinajstić information content (AvgIpc) is 2.94. The Balaban J connectivity index is 1.69. The number of rotatable bonds is 2. The molecular formula is C17H25N3O2. The summed E-state index contributed by atoms with van der Waals surface area (Å²) in [7, 11) is 2.10. The van der Waals surface area contributed by atoms with Crippen LogP contribution < -0.4 is 0 Å². The highest BCUT2D eigenvalue weighted by Crippen LogP contribution is 2.19. The maximum absolute atomic E-state index is 12.7. The van der Waals surface area contributed by atoms with Crippen molar-refractivity contribution in [3.05, 3.63) is 35.4 Å². The lowest BCUT2D eigenvalue weighted by Crippen LogP contribution is -2.59. The minimum Gasteiger partial charge on any atom is -0.392 e. The molecule has 2 fully saturated rings. The summed E-state index contributed by atoms with van der Waals surface area (Å²) in [5, 5.41) is 9.75. The zero-order valence-corrected chi connectivity index (χ0v) is 13.4. The van der Waals surface area contributed by atoms with Crippen molar-refractivity contribution < 1.29 is 9.90 Å². The average molecular weight is 303 g/mol. The molecule has 2 saturated heterocycles. The van der Waals surface area contributed by atoms with E-state index in [4.69, 9.17) is 0 Å². The van der Waals surface area contributed by atoms with Crippen LogP contribution in [0.2, 0.25) is 0 Å². The van der Waals surface area contributed by atoms with Gasteiger partial charge in [0.15, 0.2) is 0 Å². The van der Waals surface area contributed by atoms with Crippen molar-refractivity contribution in [2.45, 2.75) is 25.6 Å². The lowest BCUT2D eigenvalue weighted by molar-refractivity contribution is 0.00204. The van der Waals surface area contributed by atoms with E-state index < -0.39 is 0 Å². The monoisotopic (exact) mass is 303 g/mol. The normalized spacial score (nSPS) is 27.3. The molecule has 22 heavy (non-hydrogen) atoms. The van der Waals surface area contributed by atoms with Crippen LogP contribution >= 0.6 is 0 Å². The molecule has 0 spiro atoms. The molecule has 2 heterocycles. The number of benzene rings is 1. The van der Waals surface area contributed by atoms with Gasteiger partial charge in [0.05, 0.1) is 12.3 Å². The SMILES string of the molecule is Cc1ccc(C(=O)N2CCN(C)C(N3CCC(O)C3)C2)cc1. The number of hydrogen-bond acceptors (Lipinski definition) is 4. The molecule has 2 atom stereocenters. The van der Waals surface area contributed by atoms with Gasteiger partial charge >= 0.3 is 0 Å². The van der Waals surface area contributed by atoms with Gasteiger partial charge in [0.25, 0.3) is 5.91 Å². The Bertz CT molecular complexity index is 531. The van der Waals surface area contributed by atoms with E-state index in [1.54, 1.807) is 0 Å². The molecule has 2 aliphatic heterocycles. The molecule has 1 N–H and O–H groups in total. The molecule has 3 rings (SSSR count). The molecule has 5 heteroatoms. The molecular weight excluding hydrogens is 278 g/mol. The van der Waals surface area contributed by atoms with Crippen molar-refractivity contribution in [2.24, 2.45) is 0 Å². The van der Waals surface area contributed by atoms with Gasteiger partial charge in [-0.25, -0.2) is 0 Å². The number of hydrogen-bond donors (Lipinski definition) is 1. The van der Waals surface area contributed by atoms with E-state index in [1.807, 2.05) is 36.1 Å². The molecule has 5 nitrogen and oxygen atoms in total. The Morgan fingerprint density at radius 3 is 2.50 bits per heavy atom. The van der Waals surface area contributed by atoms with Crippen LogP contribution in [0.4, 0.5) is 0 Å². The summed E-state index contributed by atoms with van der Waals surface area (Å²) in [6, 6.07) is 7.78. The Hall–Kier alpha value is -1.43. The van der Waals surface area contributed by atoms with Gasteiger partial charge in [-0.1, -0.05) is 17.7 Å². The first-order valence-corrected chi connectivity index (χ1v) is 8.03. The van der Waals surface area contributed by atoms with E-state index in [1.165, 1.54) is 5.56 Å². The third-order valence-electron chi connectivity index (χ3n) is 4.82. The number of aliphatic hydroxyl groups is 1. The maximum atomic E-state index is 12.7. The predicted octanol–water partition coefficient (Wildman–Crippen LogP) is 0.775. The molecule has 1 aromatic rings. The van der Waals surface area contributed by atoms with E-state index >= 15 is 0 Å². The summed E-state index contributed by atoms with van der Waals surface area (Å²) in [6.07, 6.45) is 0.813. The van der Waals surface area contributed by atoms with Gasteiger partial charge in [-0.2, -0.15) is 0 Å². The second-order valence-corrected chi connectivity index (χ2v) is 6.52. The van der Waals surface area contributed by atoms with Crippen molar-refractivity contribution in [2.75, 3.05) is 39.8 Å². The number of aliphatic hydroxyl groups excluding tert-OH is 1. The highest BCUT2D eigenvalue weighted by atomic mass is 16.3. The molecule has 0 aliphatic carbocycles. The van der Waals surface area contributed by atoms with Crippen LogP contribution in [0.3, 0.4) is 0 Å². The van der Waals surface area contributed by atoms with E-state index in [0.29, 0.717) is 13.1 Å². The zero-order chi connectivity index (χ0) is 15.7. The summed E-state index contributed by atoms with van der Waals surface area (Å²) in [5.74, 6) is 0.109. The van der Waals surface area contributed by atoms with Crippen LogP contribution in [0.15, 0.2) is 24.3 Å². The van der Waals surface area contributed by atoms with Crippen LogP contribution in [-0.4, -0.2) is 77.8 Å². The number of nitrogens with zero attached hydrogens (tertiary/aromatic N) is 3. The number of amides is 1. The number of carbonyl (C=O) groups excluding carboxylic acids is 1. The quantitative estimate of drug-likeness (QED) is 0.877. The van der Waals surface area contributed by atoms with Gasteiger partial charge in [-0.15, -0.1) is 0 Å². The Labute approximate surface area is 132 Å².